The summed E-state index contributed by atoms with van der Waals surface area (Å²) in [5, 5.41) is 0. The van der Waals surface area contributed by atoms with Crippen LogP contribution in [0.4, 0.5) is 8.78 Å². The third kappa shape index (κ3) is 3.46. The van der Waals surface area contributed by atoms with Crippen LogP contribution in [0.1, 0.15) is 5.56 Å². The van der Waals surface area contributed by atoms with Crippen molar-refractivity contribution in [3.8, 4) is 5.75 Å². The first-order valence-corrected chi connectivity index (χ1v) is 4.84. The predicted molar refractivity (Wildman–Crippen MR) is 55.4 cm³/mol. The van der Waals surface area contributed by atoms with Gasteiger partial charge in [0.2, 0.25) is 0 Å². The number of ether oxygens (including phenoxy) is 1. The molecule has 0 fully saturated rings. The van der Waals surface area contributed by atoms with Gasteiger partial charge < -0.3 is 4.74 Å². The maximum absolute atomic E-state index is 11.8. The summed E-state index contributed by atoms with van der Waals surface area (Å²) in [6, 6.07) is 5.43. The Morgan fingerprint density at radius 3 is 2.69 bits per heavy atom. The molecule has 0 unspecified atom stereocenters. The molecule has 0 aliphatic heterocycles. The lowest BCUT2D eigenvalue weighted by Gasteiger charge is -2.08. The molecule has 0 aliphatic carbocycles. The molecule has 0 saturated heterocycles. The summed E-state index contributed by atoms with van der Waals surface area (Å²) >= 11 is 2.16. The van der Waals surface area contributed by atoms with Crippen molar-refractivity contribution >= 4 is 22.6 Å². The van der Waals surface area contributed by atoms with Gasteiger partial charge in [-0.05, 0) is 53.3 Å². The molecule has 0 spiro atoms. The van der Waals surface area contributed by atoms with Crippen LogP contribution >= 0.6 is 22.6 Å². The Hall–Kier alpha value is -0.390. The lowest BCUT2D eigenvalue weighted by molar-refractivity contribution is 0.0816. The van der Waals surface area contributed by atoms with Gasteiger partial charge >= 0.3 is 0 Å². The Labute approximate surface area is 89.2 Å². The molecule has 0 atom stereocenters. The number of aryl methyl sites for hydroxylation is 1. The number of benzene rings is 1. The van der Waals surface area contributed by atoms with E-state index in [2.05, 4.69) is 22.6 Å². The van der Waals surface area contributed by atoms with Crippen molar-refractivity contribution in [2.75, 3.05) is 6.61 Å². The van der Waals surface area contributed by atoms with Crippen molar-refractivity contribution in [3.63, 3.8) is 0 Å². The van der Waals surface area contributed by atoms with Crippen LogP contribution < -0.4 is 4.74 Å². The molecule has 72 valence electrons. The lowest BCUT2D eigenvalue weighted by Crippen LogP contribution is -2.07. The van der Waals surface area contributed by atoms with Crippen LogP contribution in [-0.2, 0) is 0 Å². The van der Waals surface area contributed by atoms with Gasteiger partial charge in [0, 0.05) is 3.57 Å². The van der Waals surface area contributed by atoms with Gasteiger partial charge in [0.1, 0.15) is 12.4 Å². The number of hydrogen-bond acceptors (Lipinski definition) is 1. The molecule has 0 aliphatic rings. The molecule has 4 heteroatoms. The summed E-state index contributed by atoms with van der Waals surface area (Å²) in [7, 11) is 0. The lowest BCUT2D eigenvalue weighted by atomic mass is 10.2. The Morgan fingerprint density at radius 2 is 2.15 bits per heavy atom. The van der Waals surface area contributed by atoms with E-state index in [9.17, 15) is 8.78 Å². The normalized spacial score (nSPS) is 10.5. The summed E-state index contributed by atoms with van der Waals surface area (Å²) in [5.41, 5.74) is 0.882. The quantitative estimate of drug-likeness (QED) is 0.778. The fraction of sp³-hybridized carbons (Fsp3) is 0.333. The number of hydrogen-bond donors (Lipinski definition) is 0. The first kappa shape index (κ1) is 10.7. The minimum atomic E-state index is -2.42. The summed E-state index contributed by atoms with van der Waals surface area (Å²) in [6.07, 6.45) is -2.42. The molecule has 0 amide bonds. The van der Waals surface area contributed by atoms with E-state index < -0.39 is 13.0 Å². The number of halogens is 3. The SMILES string of the molecule is Cc1cc(I)ccc1OCC(F)F. The molecular formula is C9H9F2IO. The summed E-state index contributed by atoms with van der Waals surface area (Å²) in [5.74, 6) is 0.528. The van der Waals surface area contributed by atoms with Gasteiger partial charge in [-0.1, -0.05) is 0 Å². The van der Waals surface area contributed by atoms with Gasteiger partial charge in [0.25, 0.3) is 6.43 Å². The highest BCUT2D eigenvalue weighted by Crippen LogP contribution is 2.20. The maximum Gasteiger partial charge on any atom is 0.272 e. The predicted octanol–water partition coefficient (Wildman–Crippen LogP) is 3.24. The van der Waals surface area contributed by atoms with Crippen LogP contribution in [0.2, 0.25) is 0 Å². The van der Waals surface area contributed by atoms with Crippen molar-refractivity contribution in [2.24, 2.45) is 0 Å². The second-order valence-electron chi connectivity index (χ2n) is 2.61. The molecule has 0 N–H and O–H groups in total. The Bertz CT molecular complexity index is 289. The van der Waals surface area contributed by atoms with Crippen LogP contribution in [0, 0.1) is 10.5 Å². The maximum atomic E-state index is 11.8. The minimum Gasteiger partial charge on any atom is -0.487 e. The zero-order valence-corrected chi connectivity index (χ0v) is 9.22. The van der Waals surface area contributed by atoms with E-state index in [0.29, 0.717) is 5.75 Å². The third-order valence-corrected chi connectivity index (χ3v) is 2.17. The van der Waals surface area contributed by atoms with Gasteiger partial charge in [-0.15, -0.1) is 0 Å². The summed E-state index contributed by atoms with van der Waals surface area (Å²) in [6.45, 7) is 1.30. The zero-order valence-electron chi connectivity index (χ0n) is 7.06. The molecule has 1 nitrogen and oxygen atoms in total. The molecule has 1 aromatic rings. The Morgan fingerprint density at radius 1 is 1.46 bits per heavy atom. The van der Waals surface area contributed by atoms with Crippen molar-refractivity contribution in [2.45, 2.75) is 13.3 Å². The fourth-order valence-corrected chi connectivity index (χ4v) is 1.57. The van der Waals surface area contributed by atoms with E-state index in [-0.39, 0.29) is 0 Å². The molecule has 0 radical (unpaired) electrons. The van der Waals surface area contributed by atoms with E-state index in [1.807, 2.05) is 19.1 Å². The van der Waals surface area contributed by atoms with Crippen LogP contribution in [0.25, 0.3) is 0 Å². The topological polar surface area (TPSA) is 9.23 Å². The Balaban J connectivity index is 2.67. The second kappa shape index (κ2) is 4.74. The van der Waals surface area contributed by atoms with Crippen molar-refractivity contribution in [1.82, 2.24) is 0 Å². The molecule has 13 heavy (non-hydrogen) atoms. The fourth-order valence-electron chi connectivity index (χ4n) is 0.928. The average Bonchev–Trinajstić information content (AvgIpc) is 2.02. The summed E-state index contributed by atoms with van der Waals surface area (Å²) < 4.78 is 29.6. The first-order chi connectivity index (χ1) is 6.09. The molecule has 0 heterocycles. The van der Waals surface area contributed by atoms with E-state index in [1.54, 1.807) is 6.07 Å². The van der Waals surface area contributed by atoms with Crippen molar-refractivity contribution < 1.29 is 13.5 Å². The summed E-state index contributed by atoms with van der Waals surface area (Å²) in [4.78, 5) is 0. The van der Waals surface area contributed by atoms with Gasteiger partial charge in [-0.25, -0.2) is 8.78 Å². The highest BCUT2D eigenvalue weighted by molar-refractivity contribution is 14.1. The van der Waals surface area contributed by atoms with Crippen molar-refractivity contribution in [3.05, 3.63) is 27.3 Å². The minimum absolute atomic E-state index is 0.528. The molecule has 0 bridgehead atoms. The molecule has 0 aromatic heterocycles. The smallest absolute Gasteiger partial charge is 0.272 e. The molecule has 1 aromatic carbocycles. The van der Waals surface area contributed by atoms with Gasteiger partial charge in [0.05, 0.1) is 0 Å². The van der Waals surface area contributed by atoms with Crippen LogP contribution in [0.3, 0.4) is 0 Å². The highest BCUT2D eigenvalue weighted by Gasteiger charge is 2.05. The third-order valence-electron chi connectivity index (χ3n) is 1.50. The van der Waals surface area contributed by atoms with Gasteiger partial charge in [-0.3, -0.25) is 0 Å². The van der Waals surface area contributed by atoms with Crippen molar-refractivity contribution in [1.29, 1.82) is 0 Å². The zero-order chi connectivity index (χ0) is 9.84. The van der Waals surface area contributed by atoms with E-state index in [1.165, 1.54) is 0 Å². The highest BCUT2D eigenvalue weighted by atomic mass is 127. The van der Waals surface area contributed by atoms with Gasteiger partial charge in [-0.2, -0.15) is 0 Å². The first-order valence-electron chi connectivity index (χ1n) is 3.76. The second-order valence-corrected chi connectivity index (χ2v) is 3.86. The number of alkyl halides is 2. The van der Waals surface area contributed by atoms with Crippen LogP contribution in [0.15, 0.2) is 18.2 Å². The average molecular weight is 298 g/mol. The van der Waals surface area contributed by atoms with Crippen LogP contribution in [0.5, 0.6) is 5.75 Å². The van der Waals surface area contributed by atoms with E-state index >= 15 is 0 Å². The van der Waals surface area contributed by atoms with Crippen LogP contribution in [-0.4, -0.2) is 13.0 Å². The van der Waals surface area contributed by atoms with E-state index in [4.69, 9.17) is 4.74 Å². The molecular weight excluding hydrogens is 289 g/mol. The monoisotopic (exact) mass is 298 g/mol. The Kier molecular flexibility index (Phi) is 3.90. The standard InChI is InChI=1S/C9H9F2IO/c1-6-4-7(12)2-3-8(6)13-5-9(10)11/h2-4,9H,5H2,1H3. The molecule has 1 rings (SSSR count). The van der Waals surface area contributed by atoms with E-state index in [0.717, 1.165) is 9.13 Å². The number of rotatable bonds is 3. The largest absolute Gasteiger partial charge is 0.487 e. The van der Waals surface area contributed by atoms with Gasteiger partial charge in [0.15, 0.2) is 0 Å². The molecule has 0 saturated carbocycles.